The molecule has 0 radical (unpaired) electrons. The largest absolute Gasteiger partial charge is 0.346 e. The highest BCUT2D eigenvalue weighted by molar-refractivity contribution is 7.89. The predicted molar refractivity (Wildman–Crippen MR) is 137 cm³/mol. The molecule has 1 N–H and O–H groups in total. The Hall–Kier alpha value is -3.01. The number of anilines is 1. The number of rotatable bonds is 8. The van der Waals surface area contributed by atoms with Crippen molar-refractivity contribution < 1.29 is 18.0 Å². The fourth-order valence-corrected chi connectivity index (χ4v) is 5.86. The van der Waals surface area contributed by atoms with Crippen LogP contribution < -0.4 is 5.32 Å². The van der Waals surface area contributed by atoms with E-state index in [9.17, 15) is 18.0 Å². The van der Waals surface area contributed by atoms with Crippen molar-refractivity contribution in [3.05, 3.63) is 60.3 Å². The molecule has 4 rings (SSSR count). The van der Waals surface area contributed by atoms with Gasteiger partial charge < -0.3 is 14.8 Å². The molecular formula is C26H32N4O4S. The second-order valence-corrected chi connectivity index (χ2v) is 11.3. The summed E-state index contributed by atoms with van der Waals surface area (Å²) in [5.74, 6) is -0.442. The highest BCUT2D eigenvalue weighted by Gasteiger charge is 2.32. The molecule has 2 aromatic carbocycles. The number of ketones is 1. The van der Waals surface area contributed by atoms with Crippen LogP contribution in [0.2, 0.25) is 0 Å². The molecule has 186 valence electrons. The van der Waals surface area contributed by atoms with Gasteiger partial charge in [0, 0.05) is 60.4 Å². The quantitative estimate of drug-likeness (QED) is 0.483. The van der Waals surface area contributed by atoms with Crippen molar-refractivity contribution in [2.75, 3.05) is 39.0 Å². The number of benzene rings is 2. The Balaban J connectivity index is 1.36. The van der Waals surface area contributed by atoms with Crippen LogP contribution in [0.3, 0.4) is 0 Å². The summed E-state index contributed by atoms with van der Waals surface area (Å²) >= 11 is 0. The zero-order valence-corrected chi connectivity index (χ0v) is 21.2. The van der Waals surface area contributed by atoms with Crippen LogP contribution in [0.25, 0.3) is 10.9 Å². The number of sulfonamides is 1. The smallest absolute Gasteiger partial charge is 0.243 e. The highest BCUT2D eigenvalue weighted by Crippen LogP contribution is 2.26. The number of piperidine rings is 1. The number of likely N-dealkylation sites (N-methyl/N-ethyl adjacent to an activating group) is 1. The van der Waals surface area contributed by atoms with Crippen LogP contribution >= 0.6 is 0 Å². The number of hydrogen-bond acceptors (Lipinski definition) is 5. The molecule has 35 heavy (non-hydrogen) atoms. The molecule has 0 aliphatic carbocycles. The fraction of sp³-hybridized carbons (Fsp3) is 0.385. The van der Waals surface area contributed by atoms with Crippen LogP contribution in [0.1, 0.15) is 30.1 Å². The van der Waals surface area contributed by atoms with Gasteiger partial charge in [-0.25, -0.2) is 8.42 Å². The molecule has 0 saturated carbocycles. The second kappa shape index (κ2) is 10.3. The van der Waals surface area contributed by atoms with Crippen molar-refractivity contribution >= 4 is 38.3 Å². The molecule has 9 heteroatoms. The van der Waals surface area contributed by atoms with Gasteiger partial charge in [-0.15, -0.1) is 0 Å². The predicted octanol–water partition coefficient (Wildman–Crippen LogP) is 3.44. The van der Waals surface area contributed by atoms with Crippen molar-refractivity contribution in [2.24, 2.45) is 5.92 Å². The Labute approximate surface area is 206 Å². The lowest BCUT2D eigenvalue weighted by atomic mass is 9.97. The minimum Gasteiger partial charge on any atom is -0.346 e. The van der Waals surface area contributed by atoms with E-state index in [-0.39, 0.29) is 35.6 Å². The van der Waals surface area contributed by atoms with Crippen molar-refractivity contribution in [1.29, 1.82) is 0 Å². The van der Waals surface area contributed by atoms with Gasteiger partial charge in [-0.1, -0.05) is 12.1 Å². The number of carbonyl (C=O) groups is 2. The number of fused-ring (bicyclic) bond motifs is 1. The van der Waals surface area contributed by atoms with Gasteiger partial charge in [-0.05, 0) is 70.3 Å². The molecule has 1 saturated heterocycles. The summed E-state index contributed by atoms with van der Waals surface area (Å²) in [5.41, 5.74) is 2.34. The van der Waals surface area contributed by atoms with Gasteiger partial charge in [0.2, 0.25) is 15.9 Å². The fourth-order valence-electron chi connectivity index (χ4n) is 4.39. The molecule has 0 atom stereocenters. The third kappa shape index (κ3) is 5.63. The van der Waals surface area contributed by atoms with Crippen LogP contribution in [0.5, 0.6) is 0 Å². The molecule has 0 unspecified atom stereocenters. The Bertz CT molecular complexity index is 1320. The Morgan fingerprint density at radius 2 is 1.71 bits per heavy atom. The van der Waals surface area contributed by atoms with Crippen molar-refractivity contribution in [1.82, 2.24) is 13.8 Å². The summed E-state index contributed by atoms with van der Waals surface area (Å²) in [6.45, 7) is 3.84. The van der Waals surface area contributed by atoms with Crippen LogP contribution in [0.15, 0.2) is 59.6 Å². The summed E-state index contributed by atoms with van der Waals surface area (Å²) in [4.78, 5) is 26.6. The third-order valence-corrected chi connectivity index (χ3v) is 8.46. The van der Waals surface area contributed by atoms with E-state index >= 15 is 0 Å². The Kier molecular flexibility index (Phi) is 7.39. The van der Waals surface area contributed by atoms with Crippen molar-refractivity contribution in [3.63, 3.8) is 0 Å². The minimum absolute atomic E-state index is 0.0840. The molecular weight excluding hydrogens is 464 g/mol. The average molecular weight is 497 g/mol. The maximum absolute atomic E-state index is 13.0. The number of amides is 1. The molecule has 1 aromatic heterocycles. The lowest BCUT2D eigenvalue weighted by Gasteiger charge is -2.30. The lowest BCUT2D eigenvalue weighted by Crippen LogP contribution is -2.41. The highest BCUT2D eigenvalue weighted by atomic mass is 32.2. The number of aromatic nitrogens is 1. The molecule has 1 aliphatic rings. The maximum atomic E-state index is 13.0. The molecule has 8 nitrogen and oxygen atoms in total. The van der Waals surface area contributed by atoms with E-state index in [1.165, 1.54) is 35.5 Å². The Morgan fingerprint density at radius 1 is 1.03 bits per heavy atom. The van der Waals surface area contributed by atoms with Gasteiger partial charge in [0.1, 0.15) is 0 Å². The number of nitrogens with one attached hydrogen (secondary N) is 1. The van der Waals surface area contributed by atoms with Crippen LogP contribution in [-0.4, -0.2) is 67.6 Å². The molecule has 1 amide bonds. The van der Waals surface area contributed by atoms with E-state index in [2.05, 4.69) is 21.0 Å². The van der Waals surface area contributed by atoms with Gasteiger partial charge in [-0.2, -0.15) is 4.31 Å². The second-order valence-electron chi connectivity index (χ2n) is 9.33. The molecule has 3 aromatic rings. The molecule has 0 spiro atoms. The van der Waals surface area contributed by atoms with Crippen LogP contribution in [0.4, 0.5) is 5.69 Å². The standard InChI is InChI=1S/C26H32N4O4S/c1-19(31)20-4-7-24(8-5-20)35(33,34)30-14-11-21(12-15-30)26(32)27-23-6-9-25-22(18-23)10-13-29(25)17-16-28(2)3/h4-10,13,18,21H,11-12,14-17H2,1-3H3,(H,27,32). The number of hydrogen-bond donors (Lipinski definition) is 1. The van der Waals surface area contributed by atoms with Crippen LogP contribution in [-0.2, 0) is 21.4 Å². The summed E-state index contributed by atoms with van der Waals surface area (Å²) in [7, 11) is 0.436. The van der Waals surface area contributed by atoms with Gasteiger partial charge >= 0.3 is 0 Å². The zero-order valence-electron chi connectivity index (χ0n) is 20.4. The van der Waals surface area contributed by atoms with Crippen molar-refractivity contribution in [2.45, 2.75) is 31.2 Å². The molecule has 2 heterocycles. The van der Waals surface area contributed by atoms with Crippen molar-refractivity contribution in [3.8, 4) is 0 Å². The zero-order chi connectivity index (χ0) is 25.2. The third-order valence-electron chi connectivity index (χ3n) is 6.55. The topological polar surface area (TPSA) is 91.7 Å². The monoisotopic (exact) mass is 496 g/mol. The van der Waals surface area contributed by atoms with E-state index < -0.39 is 10.0 Å². The molecule has 0 bridgehead atoms. The number of Topliss-reactive ketones (excluding diaryl/α,β-unsaturated/α-hetero) is 1. The van der Waals surface area contributed by atoms with Gasteiger partial charge in [-0.3, -0.25) is 9.59 Å². The minimum atomic E-state index is -3.66. The lowest BCUT2D eigenvalue weighted by molar-refractivity contribution is -0.120. The summed E-state index contributed by atoms with van der Waals surface area (Å²) in [6.07, 6.45) is 2.98. The van der Waals surface area contributed by atoms with Gasteiger partial charge in [0.05, 0.1) is 4.90 Å². The average Bonchev–Trinajstić information content (AvgIpc) is 3.25. The van der Waals surface area contributed by atoms with E-state index in [4.69, 9.17) is 0 Å². The summed E-state index contributed by atoms with van der Waals surface area (Å²) in [5, 5.41) is 4.08. The summed E-state index contributed by atoms with van der Waals surface area (Å²) < 4.78 is 29.6. The maximum Gasteiger partial charge on any atom is 0.243 e. The first kappa shape index (κ1) is 25.1. The normalized spacial score (nSPS) is 15.5. The van der Waals surface area contributed by atoms with E-state index in [1.807, 2.05) is 38.4 Å². The number of carbonyl (C=O) groups excluding carboxylic acids is 2. The first-order valence-corrected chi connectivity index (χ1v) is 13.2. The first-order chi connectivity index (χ1) is 16.6. The molecule has 1 fully saturated rings. The van der Waals surface area contributed by atoms with E-state index in [0.717, 1.165) is 29.7 Å². The van der Waals surface area contributed by atoms with Gasteiger partial charge in [0.25, 0.3) is 0 Å². The molecule has 1 aliphatic heterocycles. The SMILES string of the molecule is CC(=O)c1ccc(S(=O)(=O)N2CCC(C(=O)Nc3ccc4c(ccn4CCN(C)C)c3)CC2)cc1. The van der Waals surface area contributed by atoms with Gasteiger partial charge in [0.15, 0.2) is 5.78 Å². The van der Waals surface area contributed by atoms with E-state index in [1.54, 1.807) is 0 Å². The van der Waals surface area contributed by atoms with Crippen LogP contribution in [0, 0.1) is 5.92 Å². The van der Waals surface area contributed by atoms with E-state index in [0.29, 0.717) is 18.4 Å². The summed E-state index contributed by atoms with van der Waals surface area (Å²) in [6, 6.07) is 14.0. The number of nitrogens with zero attached hydrogens (tertiary/aromatic N) is 3. The first-order valence-electron chi connectivity index (χ1n) is 11.8. The Morgan fingerprint density at radius 3 is 2.34 bits per heavy atom.